The average Bonchev–Trinajstić information content (AvgIpc) is 3.15. The second kappa shape index (κ2) is 13.5. The fourth-order valence-electron chi connectivity index (χ4n) is 2.94. The molecular formula is C24H27BrClF3N2O. The van der Waals surface area contributed by atoms with Gasteiger partial charge in [0.1, 0.15) is 12.5 Å². The second-order valence-electron chi connectivity index (χ2n) is 7.57. The second-order valence-corrected chi connectivity index (χ2v) is 8.83. The molecule has 0 N–H and O–H groups in total. The highest BCUT2D eigenvalue weighted by molar-refractivity contribution is 9.10. The predicted octanol–water partition coefficient (Wildman–Crippen LogP) is 7.34. The Morgan fingerprint density at radius 1 is 1.28 bits per heavy atom. The first-order valence-electron chi connectivity index (χ1n) is 10.2. The van der Waals surface area contributed by atoms with E-state index in [1.807, 2.05) is 32.0 Å². The Kier molecular flexibility index (Phi) is 11.8. The molecule has 1 saturated heterocycles. The van der Waals surface area contributed by atoms with Gasteiger partial charge in [0.25, 0.3) is 0 Å². The molecule has 1 aliphatic rings. The van der Waals surface area contributed by atoms with Crippen LogP contribution in [0.4, 0.5) is 13.2 Å². The van der Waals surface area contributed by atoms with Crippen LogP contribution < -0.4 is 0 Å². The number of carbonyl (C=O) groups is 1. The van der Waals surface area contributed by atoms with Gasteiger partial charge in [-0.25, -0.2) is 0 Å². The number of carbonyl (C=O) groups excluding carboxylic acids is 1. The zero-order valence-electron chi connectivity index (χ0n) is 18.3. The minimum absolute atomic E-state index is 0.331. The summed E-state index contributed by atoms with van der Waals surface area (Å²) in [6.45, 7) is 6.96. The Bertz CT molecular complexity index is 928. The molecule has 1 fully saturated rings. The van der Waals surface area contributed by atoms with E-state index in [4.69, 9.17) is 16.9 Å². The first-order chi connectivity index (χ1) is 15.0. The Labute approximate surface area is 201 Å². The van der Waals surface area contributed by atoms with Crippen LogP contribution in [0.1, 0.15) is 43.4 Å². The third kappa shape index (κ3) is 10.5. The largest absolute Gasteiger partial charge is 0.397 e. The molecule has 174 valence electrons. The molecule has 3 rings (SSSR count). The van der Waals surface area contributed by atoms with Crippen molar-refractivity contribution in [3.63, 3.8) is 0 Å². The number of hydrogen-bond acceptors (Lipinski definition) is 2. The highest BCUT2D eigenvalue weighted by Gasteiger charge is 2.35. The molecule has 1 heterocycles. The fraction of sp³-hybridized carbons (Fsp3) is 0.417. The van der Waals surface area contributed by atoms with E-state index < -0.39 is 18.5 Å². The molecule has 1 aliphatic heterocycles. The summed E-state index contributed by atoms with van der Waals surface area (Å²) >= 11 is 9.16. The van der Waals surface area contributed by atoms with Gasteiger partial charge in [0.2, 0.25) is 5.91 Å². The summed E-state index contributed by atoms with van der Waals surface area (Å²) in [5, 5.41) is 9.00. The van der Waals surface area contributed by atoms with Gasteiger partial charge >= 0.3 is 6.18 Å². The highest BCUT2D eigenvalue weighted by Crippen LogP contribution is 2.23. The van der Waals surface area contributed by atoms with Crippen LogP contribution in [0, 0.1) is 24.2 Å². The molecule has 0 aliphatic carbocycles. The van der Waals surface area contributed by atoms with Gasteiger partial charge in [0, 0.05) is 17.6 Å². The van der Waals surface area contributed by atoms with E-state index in [1.165, 1.54) is 14.9 Å². The lowest BCUT2D eigenvalue weighted by atomic mass is 10.2. The van der Waals surface area contributed by atoms with Gasteiger partial charge in [-0.1, -0.05) is 65.6 Å². The summed E-state index contributed by atoms with van der Waals surface area (Å²) < 4.78 is 36.6. The van der Waals surface area contributed by atoms with Crippen molar-refractivity contribution in [2.24, 2.45) is 5.92 Å². The van der Waals surface area contributed by atoms with Crippen LogP contribution in [0.5, 0.6) is 0 Å². The normalized spacial score (nSPS) is 15.1. The standard InChI is InChI=1S/C8H9Br.C8H6ClN.C8H12F3NO/c1-2-7-5-3-4-6-8(7)9;1-6-2-3-7(5-10)8(9)4-6;1-6-2-3-12(5-6)7(13)4-8(9,10)11/h3-6H,2H2,1H3;2-4H,1H3;6H,2-5H2,1H3. The zero-order chi connectivity index (χ0) is 24.3. The minimum atomic E-state index is -4.37. The van der Waals surface area contributed by atoms with Crippen molar-refractivity contribution in [3.8, 4) is 6.07 Å². The summed E-state index contributed by atoms with van der Waals surface area (Å²) in [6, 6.07) is 15.6. The highest BCUT2D eigenvalue weighted by atomic mass is 79.9. The third-order valence-electron chi connectivity index (χ3n) is 4.71. The fourth-order valence-corrected chi connectivity index (χ4v) is 3.78. The van der Waals surface area contributed by atoms with E-state index in [1.54, 1.807) is 12.1 Å². The Balaban J connectivity index is 0.000000245. The SMILES string of the molecule is CC1CCN(C(=O)CC(F)(F)F)C1.CCc1ccccc1Br.Cc1ccc(C#N)c(Cl)c1. The van der Waals surface area contributed by atoms with Crippen molar-refractivity contribution in [1.82, 2.24) is 4.90 Å². The molecule has 0 saturated carbocycles. The Morgan fingerprint density at radius 3 is 2.38 bits per heavy atom. The van der Waals surface area contributed by atoms with E-state index in [9.17, 15) is 18.0 Å². The summed E-state index contributed by atoms with van der Waals surface area (Å²) in [5.74, 6) is -0.464. The van der Waals surface area contributed by atoms with Crippen molar-refractivity contribution >= 4 is 33.4 Å². The molecule has 1 unspecified atom stereocenters. The molecule has 0 aromatic heterocycles. The third-order valence-corrected chi connectivity index (χ3v) is 5.80. The van der Waals surface area contributed by atoms with Gasteiger partial charge in [-0.15, -0.1) is 0 Å². The van der Waals surface area contributed by atoms with Gasteiger partial charge in [0.05, 0.1) is 10.6 Å². The maximum atomic E-state index is 11.8. The molecule has 2 aromatic carbocycles. The van der Waals surface area contributed by atoms with Crippen molar-refractivity contribution in [1.29, 1.82) is 5.26 Å². The van der Waals surface area contributed by atoms with Crippen LogP contribution in [-0.4, -0.2) is 30.1 Å². The monoisotopic (exact) mass is 530 g/mol. The lowest BCUT2D eigenvalue weighted by molar-refractivity contribution is -0.160. The molecular weight excluding hydrogens is 505 g/mol. The number of aryl methyl sites for hydroxylation is 2. The van der Waals surface area contributed by atoms with Crippen LogP contribution in [0.25, 0.3) is 0 Å². The van der Waals surface area contributed by atoms with Crippen molar-refractivity contribution in [2.75, 3.05) is 13.1 Å². The van der Waals surface area contributed by atoms with E-state index in [2.05, 4.69) is 41.1 Å². The van der Waals surface area contributed by atoms with E-state index >= 15 is 0 Å². The van der Waals surface area contributed by atoms with Crippen LogP contribution in [0.2, 0.25) is 5.02 Å². The summed E-state index contributed by atoms with van der Waals surface area (Å²) in [6.07, 6.45) is -3.78. The first kappa shape index (κ1) is 28.0. The zero-order valence-corrected chi connectivity index (χ0v) is 20.7. The van der Waals surface area contributed by atoms with E-state index in [-0.39, 0.29) is 0 Å². The molecule has 1 amide bonds. The van der Waals surface area contributed by atoms with Gasteiger partial charge in [-0.05, 0) is 55.0 Å². The lowest BCUT2D eigenvalue weighted by Crippen LogP contribution is -2.32. The lowest BCUT2D eigenvalue weighted by Gasteiger charge is -2.16. The van der Waals surface area contributed by atoms with E-state index in [0.29, 0.717) is 29.6 Å². The van der Waals surface area contributed by atoms with Crippen molar-refractivity contribution in [3.05, 3.63) is 68.7 Å². The maximum Gasteiger partial charge on any atom is 0.397 e. The molecule has 2 aromatic rings. The molecule has 1 atom stereocenters. The number of rotatable bonds is 2. The molecule has 3 nitrogen and oxygen atoms in total. The number of amides is 1. The number of alkyl halides is 3. The number of nitriles is 1. The van der Waals surface area contributed by atoms with Gasteiger partial charge in [-0.2, -0.15) is 18.4 Å². The molecule has 0 spiro atoms. The smallest absolute Gasteiger partial charge is 0.342 e. The number of benzene rings is 2. The first-order valence-corrected chi connectivity index (χ1v) is 11.4. The summed E-state index contributed by atoms with van der Waals surface area (Å²) in [7, 11) is 0. The molecule has 0 radical (unpaired) electrons. The van der Waals surface area contributed by atoms with Crippen molar-refractivity contribution in [2.45, 2.75) is 46.2 Å². The summed E-state index contributed by atoms with van der Waals surface area (Å²) in [4.78, 5) is 12.3. The Hall–Kier alpha value is -2.04. The van der Waals surface area contributed by atoms with Crippen LogP contribution >= 0.6 is 27.5 Å². The number of nitrogens with zero attached hydrogens (tertiary/aromatic N) is 2. The van der Waals surface area contributed by atoms with Crippen LogP contribution in [0.3, 0.4) is 0 Å². The number of halogens is 5. The number of hydrogen-bond donors (Lipinski definition) is 0. The molecule has 0 bridgehead atoms. The average molecular weight is 532 g/mol. The van der Waals surface area contributed by atoms with E-state index in [0.717, 1.165) is 18.4 Å². The van der Waals surface area contributed by atoms with Gasteiger partial charge in [0.15, 0.2) is 0 Å². The maximum absolute atomic E-state index is 11.8. The van der Waals surface area contributed by atoms with Crippen LogP contribution in [0.15, 0.2) is 46.9 Å². The van der Waals surface area contributed by atoms with Gasteiger partial charge in [-0.3, -0.25) is 4.79 Å². The topological polar surface area (TPSA) is 44.1 Å². The predicted molar refractivity (Wildman–Crippen MR) is 125 cm³/mol. The molecule has 32 heavy (non-hydrogen) atoms. The molecule has 8 heteroatoms. The van der Waals surface area contributed by atoms with Crippen molar-refractivity contribution < 1.29 is 18.0 Å². The number of likely N-dealkylation sites (tertiary alicyclic amines) is 1. The van der Waals surface area contributed by atoms with Crippen LogP contribution in [-0.2, 0) is 11.2 Å². The Morgan fingerprint density at radius 2 is 1.94 bits per heavy atom. The quantitative estimate of drug-likeness (QED) is 0.407. The van der Waals surface area contributed by atoms with Gasteiger partial charge < -0.3 is 4.90 Å². The minimum Gasteiger partial charge on any atom is -0.342 e. The summed E-state index contributed by atoms with van der Waals surface area (Å²) in [5.41, 5.74) is 2.98.